The first-order valence-electron chi connectivity index (χ1n) is 5.89. The normalized spacial score (nSPS) is 13.3. The maximum absolute atomic E-state index is 11.7. The van der Waals surface area contributed by atoms with Crippen molar-refractivity contribution >= 4 is 17.9 Å². The molecule has 6 nitrogen and oxygen atoms in total. The predicted octanol–water partition coefficient (Wildman–Crippen LogP) is 1.21. The van der Waals surface area contributed by atoms with E-state index in [4.69, 9.17) is 14.2 Å². The lowest BCUT2D eigenvalue weighted by molar-refractivity contribution is -0.179. The van der Waals surface area contributed by atoms with Crippen LogP contribution >= 0.6 is 0 Å². The van der Waals surface area contributed by atoms with Crippen molar-refractivity contribution in [1.82, 2.24) is 0 Å². The Morgan fingerprint density at radius 1 is 1.06 bits per heavy atom. The summed E-state index contributed by atoms with van der Waals surface area (Å²) in [4.78, 5) is 33.4. The number of ether oxygens (including phenoxy) is 3. The number of esters is 3. The highest BCUT2D eigenvalue weighted by molar-refractivity contribution is 5.79. The van der Waals surface area contributed by atoms with Crippen molar-refractivity contribution in [3.05, 3.63) is 0 Å². The van der Waals surface area contributed by atoms with Crippen molar-refractivity contribution in [1.29, 1.82) is 0 Å². The molecular formula is C12H20O6. The van der Waals surface area contributed by atoms with E-state index in [0.29, 0.717) is 0 Å². The molecule has 0 bridgehead atoms. The molecule has 0 spiro atoms. The third kappa shape index (κ3) is 6.88. The summed E-state index contributed by atoms with van der Waals surface area (Å²) < 4.78 is 14.6. The van der Waals surface area contributed by atoms with E-state index in [1.807, 2.05) is 6.92 Å². The standard InChI is InChI=1S/C12H20O6/c1-5-6-7-16-12(15)11(18-10(4)14)8(2)17-9(3)13/h8,11H,5-7H2,1-4H3. The quantitative estimate of drug-likeness (QED) is 0.389. The molecule has 2 unspecified atom stereocenters. The average molecular weight is 260 g/mol. The van der Waals surface area contributed by atoms with Crippen LogP contribution in [0.15, 0.2) is 0 Å². The van der Waals surface area contributed by atoms with E-state index in [2.05, 4.69) is 0 Å². The molecular weight excluding hydrogens is 240 g/mol. The smallest absolute Gasteiger partial charge is 0.351 e. The zero-order valence-corrected chi connectivity index (χ0v) is 11.2. The molecule has 0 aromatic carbocycles. The van der Waals surface area contributed by atoms with Gasteiger partial charge in [-0.05, 0) is 13.3 Å². The van der Waals surface area contributed by atoms with Crippen LogP contribution in [-0.2, 0) is 28.6 Å². The number of hydrogen-bond acceptors (Lipinski definition) is 6. The number of hydrogen-bond donors (Lipinski definition) is 0. The van der Waals surface area contributed by atoms with Gasteiger partial charge in [-0.1, -0.05) is 13.3 Å². The topological polar surface area (TPSA) is 78.9 Å². The second-order valence-corrected chi connectivity index (χ2v) is 3.87. The van der Waals surface area contributed by atoms with Gasteiger partial charge in [-0.25, -0.2) is 4.79 Å². The van der Waals surface area contributed by atoms with Crippen LogP contribution in [-0.4, -0.2) is 36.7 Å². The van der Waals surface area contributed by atoms with Crippen LogP contribution in [0.5, 0.6) is 0 Å². The van der Waals surface area contributed by atoms with Gasteiger partial charge in [-0.15, -0.1) is 0 Å². The summed E-state index contributed by atoms with van der Waals surface area (Å²) in [5.41, 5.74) is 0. The number of unbranched alkanes of at least 4 members (excludes halogenated alkanes) is 1. The minimum Gasteiger partial charge on any atom is -0.463 e. The third-order valence-electron chi connectivity index (χ3n) is 2.05. The van der Waals surface area contributed by atoms with Gasteiger partial charge in [-0.3, -0.25) is 9.59 Å². The van der Waals surface area contributed by atoms with Gasteiger partial charge in [-0.2, -0.15) is 0 Å². The first kappa shape index (κ1) is 16.4. The molecule has 0 N–H and O–H groups in total. The molecule has 0 fully saturated rings. The van der Waals surface area contributed by atoms with Gasteiger partial charge in [0.25, 0.3) is 0 Å². The molecule has 18 heavy (non-hydrogen) atoms. The molecule has 0 aromatic rings. The fourth-order valence-electron chi connectivity index (χ4n) is 1.24. The van der Waals surface area contributed by atoms with E-state index in [9.17, 15) is 14.4 Å². The second-order valence-electron chi connectivity index (χ2n) is 3.87. The Labute approximate surface area is 107 Å². The van der Waals surface area contributed by atoms with Crippen LogP contribution in [0.25, 0.3) is 0 Å². The van der Waals surface area contributed by atoms with E-state index in [1.165, 1.54) is 20.8 Å². The maximum atomic E-state index is 11.7. The highest BCUT2D eigenvalue weighted by atomic mass is 16.6. The molecule has 0 saturated heterocycles. The van der Waals surface area contributed by atoms with Crippen molar-refractivity contribution in [3.63, 3.8) is 0 Å². The van der Waals surface area contributed by atoms with E-state index in [0.717, 1.165) is 12.8 Å². The van der Waals surface area contributed by atoms with Crippen LogP contribution in [0.4, 0.5) is 0 Å². The van der Waals surface area contributed by atoms with Crippen molar-refractivity contribution in [2.75, 3.05) is 6.61 Å². The summed E-state index contributed by atoms with van der Waals surface area (Å²) in [6.07, 6.45) is -0.491. The van der Waals surface area contributed by atoms with Crippen LogP contribution in [0, 0.1) is 0 Å². The highest BCUT2D eigenvalue weighted by Crippen LogP contribution is 2.08. The molecule has 0 saturated carbocycles. The summed E-state index contributed by atoms with van der Waals surface area (Å²) in [6.45, 7) is 6.06. The lowest BCUT2D eigenvalue weighted by atomic mass is 10.2. The SMILES string of the molecule is CCCCOC(=O)C(OC(C)=O)C(C)OC(C)=O. The fourth-order valence-corrected chi connectivity index (χ4v) is 1.24. The van der Waals surface area contributed by atoms with Gasteiger partial charge in [0.15, 0.2) is 0 Å². The van der Waals surface area contributed by atoms with E-state index in [-0.39, 0.29) is 6.61 Å². The van der Waals surface area contributed by atoms with Gasteiger partial charge < -0.3 is 14.2 Å². The molecule has 0 aliphatic carbocycles. The molecule has 2 atom stereocenters. The number of rotatable bonds is 7. The second kappa shape index (κ2) is 8.49. The zero-order chi connectivity index (χ0) is 14.1. The molecule has 0 aliphatic heterocycles. The Morgan fingerprint density at radius 2 is 1.61 bits per heavy atom. The Balaban J connectivity index is 4.50. The molecule has 6 heteroatoms. The largest absolute Gasteiger partial charge is 0.463 e. The summed E-state index contributed by atoms with van der Waals surface area (Å²) in [5, 5.41) is 0. The maximum Gasteiger partial charge on any atom is 0.351 e. The van der Waals surface area contributed by atoms with Crippen molar-refractivity contribution < 1.29 is 28.6 Å². The Morgan fingerprint density at radius 3 is 2.06 bits per heavy atom. The van der Waals surface area contributed by atoms with Gasteiger partial charge >= 0.3 is 17.9 Å². The summed E-state index contributed by atoms with van der Waals surface area (Å²) >= 11 is 0. The minimum absolute atomic E-state index is 0.250. The first-order chi connectivity index (χ1) is 8.38. The van der Waals surface area contributed by atoms with Gasteiger partial charge in [0.05, 0.1) is 6.61 Å². The third-order valence-corrected chi connectivity index (χ3v) is 2.05. The first-order valence-corrected chi connectivity index (χ1v) is 5.89. The molecule has 0 heterocycles. The van der Waals surface area contributed by atoms with Gasteiger partial charge in [0, 0.05) is 13.8 Å². The van der Waals surface area contributed by atoms with Crippen molar-refractivity contribution in [2.24, 2.45) is 0 Å². The zero-order valence-electron chi connectivity index (χ0n) is 11.2. The minimum atomic E-state index is -1.22. The Hall–Kier alpha value is -1.59. The van der Waals surface area contributed by atoms with Crippen LogP contribution < -0.4 is 0 Å². The molecule has 0 radical (unpaired) electrons. The Kier molecular flexibility index (Phi) is 7.74. The average Bonchev–Trinajstić information content (AvgIpc) is 2.24. The molecule has 104 valence electrons. The van der Waals surface area contributed by atoms with Gasteiger partial charge in [0.1, 0.15) is 6.10 Å². The molecule has 0 amide bonds. The summed E-state index contributed by atoms with van der Waals surface area (Å²) in [6, 6.07) is 0. The lowest BCUT2D eigenvalue weighted by Gasteiger charge is -2.21. The molecule has 0 aliphatic rings. The van der Waals surface area contributed by atoms with E-state index < -0.39 is 30.1 Å². The van der Waals surface area contributed by atoms with Crippen LogP contribution in [0.3, 0.4) is 0 Å². The fraction of sp³-hybridized carbons (Fsp3) is 0.750. The Bertz CT molecular complexity index is 299. The number of carbonyl (C=O) groups excluding carboxylic acids is 3. The highest BCUT2D eigenvalue weighted by Gasteiger charge is 2.31. The van der Waals surface area contributed by atoms with Crippen LogP contribution in [0.2, 0.25) is 0 Å². The monoisotopic (exact) mass is 260 g/mol. The van der Waals surface area contributed by atoms with E-state index >= 15 is 0 Å². The van der Waals surface area contributed by atoms with Crippen molar-refractivity contribution in [3.8, 4) is 0 Å². The molecule has 0 aromatic heterocycles. The van der Waals surface area contributed by atoms with E-state index in [1.54, 1.807) is 0 Å². The molecule has 0 rings (SSSR count). The van der Waals surface area contributed by atoms with Crippen molar-refractivity contribution in [2.45, 2.75) is 52.7 Å². The predicted molar refractivity (Wildman–Crippen MR) is 62.6 cm³/mol. The summed E-state index contributed by atoms with van der Waals surface area (Å²) in [5.74, 6) is -1.89. The number of carbonyl (C=O) groups is 3. The van der Waals surface area contributed by atoms with Crippen LogP contribution in [0.1, 0.15) is 40.5 Å². The lowest BCUT2D eigenvalue weighted by Crippen LogP contribution is -2.40. The summed E-state index contributed by atoms with van der Waals surface area (Å²) in [7, 11) is 0. The van der Waals surface area contributed by atoms with Gasteiger partial charge in [0.2, 0.25) is 6.10 Å².